The number of alkyl halides is 3. The molecule has 0 amide bonds. The monoisotopic (exact) mass is 374 g/mol. The molecule has 1 aromatic heterocycles. The van der Waals surface area contributed by atoms with E-state index >= 15 is 0 Å². The molecule has 0 bridgehead atoms. The van der Waals surface area contributed by atoms with E-state index in [1.807, 2.05) is 18.2 Å². The predicted molar refractivity (Wildman–Crippen MR) is 101 cm³/mol. The average Bonchev–Trinajstić information content (AvgIpc) is 2.70. The van der Waals surface area contributed by atoms with Crippen molar-refractivity contribution >= 4 is 16.6 Å². The Labute approximate surface area is 155 Å². The molecule has 2 heterocycles. The van der Waals surface area contributed by atoms with Crippen molar-refractivity contribution in [2.24, 2.45) is 0 Å². The van der Waals surface area contributed by atoms with Crippen LogP contribution in [0.25, 0.3) is 22.0 Å². The number of nitrogens with two attached hydrogens (primary N) is 1. The maximum absolute atomic E-state index is 12.6. The summed E-state index contributed by atoms with van der Waals surface area (Å²) in [5.74, 6) is 0.293. The van der Waals surface area contributed by atoms with Crippen molar-refractivity contribution in [3.8, 4) is 11.3 Å². The summed E-state index contributed by atoms with van der Waals surface area (Å²) in [5, 5.41) is 12.6. The van der Waals surface area contributed by atoms with Gasteiger partial charge in [-0.2, -0.15) is 13.2 Å². The summed E-state index contributed by atoms with van der Waals surface area (Å²) >= 11 is 0. The van der Waals surface area contributed by atoms with Crippen molar-refractivity contribution in [2.75, 3.05) is 18.8 Å². The minimum absolute atomic E-state index is 0.293. The first-order chi connectivity index (χ1) is 13.0. The number of nitrogens with one attached hydrogen (secondary N) is 1. The minimum atomic E-state index is -4.35. The molecule has 3 N–H and O–H groups in total. The summed E-state index contributed by atoms with van der Waals surface area (Å²) in [7, 11) is 0. The van der Waals surface area contributed by atoms with Gasteiger partial charge in [0, 0.05) is 16.3 Å². The number of fused-ring (bicyclic) bond motifs is 1. The first-order valence-electron chi connectivity index (χ1n) is 8.86. The van der Waals surface area contributed by atoms with E-state index in [2.05, 4.69) is 15.5 Å². The normalized spacial score (nSPS) is 14.5. The molecule has 0 saturated carbocycles. The molecule has 1 fully saturated rings. The number of piperidine rings is 1. The molecule has 0 atom stereocenters. The third-order valence-electron chi connectivity index (χ3n) is 4.41. The van der Waals surface area contributed by atoms with Crippen LogP contribution in [0.15, 0.2) is 48.5 Å². The molecule has 0 radical (unpaired) electrons. The van der Waals surface area contributed by atoms with Gasteiger partial charge in [0.25, 0.3) is 0 Å². The Balaban J connectivity index is 0.000000299. The van der Waals surface area contributed by atoms with Crippen molar-refractivity contribution in [3.05, 3.63) is 54.1 Å². The Morgan fingerprint density at radius 2 is 1.44 bits per heavy atom. The van der Waals surface area contributed by atoms with Gasteiger partial charge in [-0.3, -0.25) is 0 Å². The Kier molecular flexibility index (Phi) is 5.91. The summed E-state index contributed by atoms with van der Waals surface area (Å²) in [6, 6.07) is 12.1. The first kappa shape index (κ1) is 19.1. The molecule has 2 aromatic carbocycles. The average molecular weight is 374 g/mol. The Hall–Kier alpha value is -2.67. The van der Waals surface area contributed by atoms with Crippen molar-refractivity contribution in [1.82, 2.24) is 15.5 Å². The van der Waals surface area contributed by atoms with Gasteiger partial charge in [0.1, 0.15) is 5.69 Å². The van der Waals surface area contributed by atoms with Crippen LogP contribution < -0.4 is 11.1 Å². The highest BCUT2D eigenvalue weighted by molar-refractivity contribution is 5.99. The number of anilines is 1. The van der Waals surface area contributed by atoms with Crippen LogP contribution in [-0.4, -0.2) is 23.3 Å². The second kappa shape index (κ2) is 8.35. The maximum atomic E-state index is 12.6. The van der Waals surface area contributed by atoms with Crippen LogP contribution in [0, 0.1) is 0 Å². The fraction of sp³-hybridized carbons (Fsp3) is 0.300. The standard InChI is InChI=1S/C15H10F3N3.C5H11N/c16-15(17,18)10-7-5-9(6-8-10)13-11-3-1-2-4-12(11)14(19)21-20-13;1-2-4-6-5-3-1/h1-8H,(H2,19,21);6H,1-5H2. The highest BCUT2D eigenvalue weighted by Crippen LogP contribution is 2.32. The molecule has 27 heavy (non-hydrogen) atoms. The second-order valence-electron chi connectivity index (χ2n) is 6.37. The smallest absolute Gasteiger partial charge is 0.382 e. The van der Waals surface area contributed by atoms with E-state index in [0.717, 1.165) is 22.9 Å². The van der Waals surface area contributed by atoms with Crippen LogP contribution in [0.2, 0.25) is 0 Å². The lowest BCUT2D eigenvalue weighted by Crippen LogP contribution is -2.21. The van der Waals surface area contributed by atoms with Gasteiger partial charge in [-0.15, -0.1) is 10.2 Å². The fourth-order valence-electron chi connectivity index (χ4n) is 2.96. The van der Waals surface area contributed by atoms with E-state index < -0.39 is 11.7 Å². The van der Waals surface area contributed by atoms with E-state index in [1.165, 1.54) is 44.5 Å². The predicted octanol–water partition coefficient (Wildman–Crippen LogP) is 4.66. The fourth-order valence-corrected chi connectivity index (χ4v) is 2.96. The lowest BCUT2D eigenvalue weighted by Gasteiger charge is -2.09. The van der Waals surface area contributed by atoms with Crippen molar-refractivity contribution in [1.29, 1.82) is 0 Å². The zero-order chi connectivity index (χ0) is 19.3. The SMILES string of the molecule is C1CCNCC1.Nc1nnc(-c2ccc(C(F)(F)F)cc2)c2ccccc12. The third-order valence-corrected chi connectivity index (χ3v) is 4.41. The van der Waals surface area contributed by atoms with Gasteiger partial charge in [0.05, 0.1) is 5.56 Å². The molecule has 1 aliphatic heterocycles. The van der Waals surface area contributed by atoms with Crippen molar-refractivity contribution < 1.29 is 13.2 Å². The number of hydrogen-bond donors (Lipinski definition) is 2. The number of halogens is 3. The molecular weight excluding hydrogens is 353 g/mol. The van der Waals surface area contributed by atoms with E-state index in [0.29, 0.717) is 17.1 Å². The lowest BCUT2D eigenvalue weighted by molar-refractivity contribution is -0.137. The summed E-state index contributed by atoms with van der Waals surface area (Å²) in [6.45, 7) is 2.50. The molecule has 0 spiro atoms. The number of benzene rings is 2. The van der Waals surface area contributed by atoms with Crippen LogP contribution in [0.5, 0.6) is 0 Å². The molecule has 1 saturated heterocycles. The summed E-state index contributed by atoms with van der Waals surface area (Å²) in [6.07, 6.45) is -0.138. The first-order valence-corrected chi connectivity index (χ1v) is 8.86. The number of nitrogen functional groups attached to an aromatic ring is 1. The van der Waals surface area contributed by atoms with Gasteiger partial charge >= 0.3 is 6.18 Å². The highest BCUT2D eigenvalue weighted by atomic mass is 19.4. The highest BCUT2D eigenvalue weighted by Gasteiger charge is 2.30. The van der Waals surface area contributed by atoms with Crippen LogP contribution >= 0.6 is 0 Å². The van der Waals surface area contributed by atoms with Gasteiger partial charge in [-0.25, -0.2) is 0 Å². The zero-order valence-corrected chi connectivity index (χ0v) is 14.8. The van der Waals surface area contributed by atoms with Crippen LogP contribution in [0.1, 0.15) is 24.8 Å². The molecule has 7 heteroatoms. The van der Waals surface area contributed by atoms with E-state index in [1.54, 1.807) is 6.07 Å². The quantitative estimate of drug-likeness (QED) is 0.650. The van der Waals surface area contributed by atoms with Crippen LogP contribution in [-0.2, 0) is 6.18 Å². The molecular formula is C20H21F3N4. The lowest BCUT2D eigenvalue weighted by atomic mass is 10.0. The summed E-state index contributed by atoms with van der Waals surface area (Å²) < 4.78 is 37.8. The van der Waals surface area contributed by atoms with E-state index in [4.69, 9.17) is 5.73 Å². The van der Waals surface area contributed by atoms with Gasteiger partial charge in [0.2, 0.25) is 0 Å². The summed E-state index contributed by atoms with van der Waals surface area (Å²) in [5.41, 5.74) is 6.14. The molecule has 3 aromatic rings. The van der Waals surface area contributed by atoms with E-state index in [9.17, 15) is 13.2 Å². The Morgan fingerprint density at radius 1 is 0.815 bits per heavy atom. The van der Waals surface area contributed by atoms with Crippen molar-refractivity contribution in [2.45, 2.75) is 25.4 Å². The molecule has 0 unspecified atom stereocenters. The largest absolute Gasteiger partial charge is 0.416 e. The number of hydrogen-bond acceptors (Lipinski definition) is 4. The van der Waals surface area contributed by atoms with Gasteiger partial charge in [-0.05, 0) is 38.1 Å². The maximum Gasteiger partial charge on any atom is 0.416 e. The van der Waals surface area contributed by atoms with Crippen molar-refractivity contribution in [3.63, 3.8) is 0 Å². The molecule has 4 nitrogen and oxygen atoms in total. The van der Waals surface area contributed by atoms with Gasteiger partial charge in [-0.1, -0.05) is 42.8 Å². The zero-order valence-electron chi connectivity index (χ0n) is 14.8. The van der Waals surface area contributed by atoms with Gasteiger partial charge < -0.3 is 11.1 Å². The van der Waals surface area contributed by atoms with Gasteiger partial charge in [0.15, 0.2) is 5.82 Å². The molecule has 0 aliphatic carbocycles. The topological polar surface area (TPSA) is 63.8 Å². The minimum Gasteiger partial charge on any atom is -0.382 e. The van der Waals surface area contributed by atoms with Crippen LogP contribution in [0.4, 0.5) is 19.0 Å². The Bertz CT molecular complexity index is 876. The second-order valence-corrected chi connectivity index (χ2v) is 6.37. The summed E-state index contributed by atoms with van der Waals surface area (Å²) in [4.78, 5) is 0. The molecule has 142 valence electrons. The number of aromatic nitrogens is 2. The molecule has 1 aliphatic rings. The Morgan fingerprint density at radius 3 is 1.96 bits per heavy atom. The molecule has 4 rings (SSSR count). The number of nitrogens with zero attached hydrogens (tertiary/aromatic N) is 2. The number of rotatable bonds is 1. The van der Waals surface area contributed by atoms with E-state index in [-0.39, 0.29) is 0 Å². The third kappa shape index (κ3) is 4.74. The van der Waals surface area contributed by atoms with Crippen LogP contribution in [0.3, 0.4) is 0 Å².